The standard InChI is InChI=1S/C20H18ClF3N4O4S/c1-8-15(4-10(21)5-25-8)33-20-19(31)17(18(30)14(7-29)32-20)28-6-13(26-27-28)9-2-11(22)16(24)12(23)3-9/h2-6,14,17-20,29-31H,7H2,1H3/t14?,17-,18-,19?,20+/m0/s1. The molecule has 1 fully saturated rings. The molecule has 0 radical (unpaired) electrons. The summed E-state index contributed by atoms with van der Waals surface area (Å²) in [6.45, 7) is 1.19. The molecule has 3 heterocycles. The first-order valence-corrected chi connectivity index (χ1v) is 10.9. The van der Waals surface area contributed by atoms with E-state index >= 15 is 0 Å². The minimum atomic E-state index is -1.61. The van der Waals surface area contributed by atoms with Gasteiger partial charge in [0.05, 0.1) is 23.5 Å². The molecule has 33 heavy (non-hydrogen) atoms. The number of aromatic nitrogens is 4. The quantitative estimate of drug-likeness (QED) is 0.456. The Morgan fingerprint density at radius 2 is 1.85 bits per heavy atom. The van der Waals surface area contributed by atoms with Crippen molar-refractivity contribution in [2.75, 3.05) is 6.61 Å². The van der Waals surface area contributed by atoms with Crippen LogP contribution < -0.4 is 0 Å². The molecule has 0 aliphatic carbocycles. The number of pyridine rings is 1. The van der Waals surface area contributed by atoms with E-state index in [4.69, 9.17) is 16.3 Å². The highest BCUT2D eigenvalue weighted by molar-refractivity contribution is 7.99. The van der Waals surface area contributed by atoms with Crippen LogP contribution in [-0.4, -0.2) is 65.7 Å². The van der Waals surface area contributed by atoms with E-state index < -0.39 is 53.8 Å². The van der Waals surface area contributed by atoms with Gasteiger partial charge in [0.25, 0.3) is 0 Å². The highest BCUT2D eigenvalue weighted by Gasteiger charge is 2.46. The smallest absolute Gasteiger partial charge is 0.194 e. The van der Waals surface area contributed by atoms with Crippen molar-refractivity contribution < 1.29 is 33.2 Å². The summed E-state index contributed by atoms with van der Waals surface area (Å²) in [5, 5.41) is 39.5. The summed E-state index contributed by atoms with van der Waals surface area (Å²) < 4.78 is 47.3. The zero-order valence-electron chi connectivity index (χ0n) is 16.9. The van der Waals surface area contributed by atoms with Crippen molar-refractivity contribution in [2.24, 2.45) is 0 Å². The summed E-state index contributed by atoms with van der Waals surface area (Å²) in [5.41, 5.74) is -0.424. The van der Waals surface area contributed by atoms with Crippen LogP contribution in [0.2, 0.25) is 5.02 Å². The molecule has 1 aliphatic rings. The molecule has 2 aromatic heterocycles. The highest BCUT2D eigenvalue weighted by Crippen LogP contribution is 2.39. The first-order chi connectivity index (χ1) is 15.7. The fraction of sp³-hybridized carbons (Fsp3) is 0.350. The number of ether oxygens (including phenoxy) is 1. The topological polar surface area (TPSA) is 114 Å². The fourth-order valence-electron chi connectivity index (χ4n) is 3.47. The van der Waals surface area contributed by atoms with Gasteiger partial charge in [0.15, 0.2) is 17.5 Å². The third kappa shape index (κ3) is 4.72. The number of aliphatic hydroxyl groups excluding tert-OH is 3. The zero-order chi connectivity index (χ0) is 23.9. The molecule has 0 spiro atoms. The third-order valence-corrected chi connectivity index (χ3v) is 6.69. The van der Waals surface area contributed by atoms with Gasteiger partial charge in [-0.3, -0.25) is 4.98 Å². The van der Waals surface area contributed by atoms with Crippen molar-refractivity contribution in [1.29, 1.82) is 0 Å². The summed E-state index contributed by atoms with van der Waals surface area (Å²) in [4.78, 5) is 4.77. The average molecular weight is 503 g/mol. The number of thioether (sulfide) groups is 1. The second-order valence-corrected chi connectivity index (χ2v) is 8.97. The Balaban J connectivity index is 1.65. The average Bonchev–Trinajstić information content (AvgIpc) is 3.26. The molecule has 1 aliphatic heterocycles. The number of hydrogen-bond donors (Lipinski definition) is 3. The van der Waals surface area contributed by atoms with E-state index in [1.807, 2.05) is 0 Å². The van der Waals surface area contributed by atoms with Crippen molar-refractivity contribution in [3.8, 4) is 11.3 Å². The molecular weight excluding hydrogens is 485 g/mol. The number of aliphatic hydroxyl groups is 3. The maximum atomic E-state index is 13.6. The van der Waals surface area contributed by atoms with Crippen LogP contribution in [0.5, 0.6) is 0 Å². The maximum Gasteiger partial charge on any atom is 0.194 e. The van der Waals surface area contributed by atoms with Crippen molar-refractivity contribution in [2.45, 2.75) is 41.6 Å². The van der Waals surface area contributed by atoms with Crippen molar-refractivity contribution in [3.63, 3.8) is 0 Å². The van der Waals surface area contributed by atoms with Crippen molar-refractivity contribution >= 4 is 23.4 Å². The molecule has 3 N–H and O–H groups in total. The normalized spacial score (nSPS) is 25.4. The lowest BCUT2D eigenvalue weighted by Gasteiger charge is -2.41. The van der Waals surface area contributed by atoms with E-state index in [-0.39, 0.29) is 11.3 Å². The van der Waals surface area contributed by atoms with Crippen LogP contribution in [0.15, 0.2) is 35.5 Å². The lowest BCUT2D eigenvalue weighted by Crippen LogP contribution is -2.55. The summed E-state index contributed by atoms with van der Waals surface area (Å²) >= 11 is 7.11. The van der Waals surface area contributed by atoms with Gasteiger partial charge in [-0.1, -0.05) is 28.6 Å². The minimum absolute atomic E-state index is 0.0154. The SMILES string of the molecule is Cc1ncc(Cl)cc1S[C@H]1OC(CO)[C@H](O)[C@H](n2cc(-c3cc(F)c(F)c(F)c3)nn2)C1O. The molecular formula is C20H18ClF3N4O4S. The molecule has 8 nitrogen and oxygen atoms in total. The van der Waals surface area contributed by atoms with E-state index in [9.17, 15) is 28.5 Å². The summed E-state index contributed by atoms with van der Waals surface area (Å²) in [6.07, 6.45) is -1.09. The number of nitrogens with zero attached hydrogens (tertiary/aromatic N) is 4. The summed E-state index contributed by atoms with van der Waals surface area (Å²) in [5.74, 6) is -4.40. The minimum Gasteiger partial charge on any atom is -0.394 e. The van der Waals surface area contributed by atoms with Crippen LogP contribution in [-0.2, 0) is 4.74 Å². The number of halogens is 4. The molecule has 0 saturated carbocycles. The molecule has 0 amide bonds. The summed E-state index contributed by atoms with van der Waals surface area (Å²) in [6, 6.07) is 2.03. The van der Waals surface area contributed by atoms with Gasteiger partial charge in [0.1, 0.15) is 35.5 Å². The van der Waals surface area contributed by atoms with Gasteiger partial charge in [-0.05, 0) is 25.1 Å². The Morgan fingerprint density at radius 1 is 1.15 bits per heavy atom. The second-order valence-electron chi connectivity index (χ2n) is 7.39. The van der Waals surface area contributed by atoms with Gasteiger partial charge < -0.3 is 20.1 Å². The molecule has 1 saturated heterocycles. The number of rotatable bonds is 5. The van der Waals surface area contributed by atoms with E-state index in [0.29, 0.717) is 15.6 Å². The lowest BCUT2D eigenvalue weighted by molar-refractivity contribution is -0.178. The molecule has 0 bridgehead atoms. The Labute approximate surface area is 195 Å². The van der Waals surface area contributed by atoms with Gasteiger partial charge >= 0.3 is 0 Å². The Kier molecular flexibility index (Phi) is 6.93. The summed E-state index contributed by atoms with van der Waals surface area (Å²) in [7, 11) is 0. The second kappa shape index (κ2) is 9.57. The number of benzene rings is 1. The van der Waals surface area contributed by atoms with E-state index in [2.05, 4.69) is 15.3 Å². The predicted molar refractivity (Wildman–Crippen MR) is 112 cm³/mol. The van der Waals surface area contributed by atoms with E-state index in [1.165, 1.54) is 12.4 Å². The van der Waals surface area contributed by atoms with Gasteiger partial charge in [-0.25, -0.2) is 17.9 Å². The first-order valence-electron chi connectivity index (χ1n) is 9.67. The molecule has 2 unspecified atom stereocenters. The lowest BCUT2D eigenvalue weighted by atomic mass is 9.97. The highest BCUT2D eigenvalue weighted by atomic mass is 35.5. The van der Waals surface area contributed by atoms with Crippen LogP contribution in [0, 0.1) is 24.4 Å². The van der Waals surface area contributed by atoms with Gasteiger partial charge in [0, 0.05) is 16.7 Å². The first kappa shape index (κ1) is 23.9. The van der Waals surface area contributed by atoms with E-state index in [0.717, 1.165) is 28.6 Å². The molecule has 13 heteroatoms. The largest absolute Gasteiger partial charge is 0.394 e. The molecule has 3 aromatic rings. The van der Waals surface area contributed by atoms with Gasteiger partial charge in [-0.2, -0.15) is 0 Å². The Morgan fingerprint density at radius 3 is 2.52 bits per heavy atom. The van der Waals surface area contributed by atoms with E-state index in [1.54, 1.807) is 13.0 Å². The van der Waals surface area contributed by atoms with Gasteiger partial charge in [0.2, 0.25) is 0 Å². The van der Waals surface area contributed by atoms with Crippen LogP contribution in [0.4, 0.5) is 13.2 Å². The monoisotopic (exact) mass is 502 g/mol. The van der Waals surface area contributed by atoms with Crippen LogP contribution in [0.25, 0.3) is 11.3 Å². The Bertz CT molecular complexity index is 1150. The van der Waals surface area contributed by atoms with Gasteiger partial charge in [-0.15, -0.1) is 5.10 Å². The predicted octanol–water partition coefficient (Wildman–Crippen LogP) is 2.49. The zero-order valence-corrected chi connectivity index (χ0v) is 18.5. The molecule has 5 atom stereocenters. The van der Waals surface area contributed by atoms with Crippen molar-refractivity contribution in [1.82, 2.24) is 20.0 Å². The molecule has 4 rings (SSSR count). The third-order valence-electron chi connectivity index (χ3n) is 5.19. The van der Waals surface area contributed by atoms with Crippen molar-refractivity contribution in [3.05, 3.63) is 58.8 Å². The van der Waals surface area contributed by atoms with Crippen LogP contribution in [0.1, 0.15) is 11.7 Å². The molecule has 1 aromatic carbocycles. The number of hydrogen-bond acceptors (Lipinski definition) is 8. The van der Waals surface area contributed by atoms with Crippen LogP contribution >= 0.6 is 23.4 Å². The number of aryl methyl sites for hydroxylation is 1. The molecule has 176 valence electrons. The Hall–Kier alpha value is -2.22. The maximum absolute atomic E-state index is 13.6. The van der Waals surface area contributed by atoms with Crippen LogP contribution in [0.3, 0.4) is 0 Å². The fourth-order valence-corrected chi connectivity index (χ4v) is 4.86.